The summed E-state index contributed by atoms with van der Waals surface area (Å²) in [7, 11) is -7.85. The largest absolute Gasteiger partial charge is 0.268 e. The summed E-state index contributed by atoms with van der Waals surface area (Å²) in [6.45, 7) is 8.66. The van der Waals surface area contributed by atoms with Crippen LogP contribution in [0.3, 0.4) is 0 Å². The topological polar surface area (TPSA) is 76.5 Å². The molecule has 5 aromatic rings. The van der Waals surface area contributed by atoms with Gasteiger partial charge in [0, 0.05) is 29.5 Å². The lowest BCUT2D eigenvalue weighted by Gasteiger charge is -2.28. The van der Waals surface area contributed by atoms with Crippen molar-refractivity contribution in [3.63, 3.8) is 0 Å². The third-order valence-corrected chi connectivity index (χ3v) is 13.4. The van der Waals surface area contributed by atoms with Crippen LogP contribution in [0.5, 0.6) is 0 Å². The Morgan fingerprint density at radius 1 is 0.674 bits per heavy atom. The summed E-state index contributed by atoms with van der Waals surface area (Å²) < 4.78 is 60.4. The number of rotatable bonds is 6. The van der Waals surface area contributed by atoms with Gasteiger partial charge in [-0.2, -0.15) is 4.31 Å². The zero-order valence-corrected chi connectivity index (χ0v) is 26.3. The number of aromatic nitrogens is 1. The number of fused-ring (bicyclic) bond motifs is 2. The van der Waals surface area contributed by atoms with Crippen LogP contribution in [0, 0.1) is 25.2 Å². The number of para-hydroxylation sites is 1. The maximum absolute atomic E-state index is 14.7. The van der Waals surface area contributed by atoms with Crippen LogP contribution >= 0.6 is 0 Å². The van der Waals surface area contributed by atoms with Crippen LogP contribution in [0.15, 0.2) is 113 Å². The summed E-state index contributed by atoms with van der Waals surface area (Å²) in [5.74, 6) is -0.0704. The Balaban J connectivity index is 1.51. The number of benzene rings is 4. The lowest BCUT2D eigenvalue weighted by molar-refractivity contribution is 0.343. The van der Waals surface area contributed by atoms with E-state index in [-0.39, 0.29) is 27.7 Å². The average Bonchev–Trinajstić information content (AvgIpc) is 3.34. The van der Waals surface area contributed by atoms with E-state index in [1.54, 1.807) is 28.6 Å². The quantitative estimate of drug-likeness (QED) is 0.213. The fraction of sp³-hybridized carbons (Fsp3) is 0.257. The minimum Gasteiger partial charge on any atom is -0.237 e. The summed E-state index contributed by atoms with van der Waals surface area (Å²) in [5.41, 5.74) is 3.89. The van der Waals surface area contributed by atoms with Gasteiger partial charge in [0.05, 0.1) is 21.0 Å². The standard InChI is InChI=1S/C35H34N2O4S2/c1-24-14-18-27(19-15-24)42(38,39)36-22-31-34(3,4)35(31,23-36)33-32(26-10-6-5-7-11-26)29-12-8-9-13-30(29)37(33)43(40,41)28-20-16-25(2)17-21-28/h5-21,31H,22-23H2,1-4H3. The third-order valence-electron chi connectivity index (χ3n) is 9.88. The minimum absolute atomic E-state index is 0.0704. The van der Waals surface area contributed by atoms with E-state index in [2.05, 4.69) is 13.8 Å². The molecule has 220 valence electrons. The normalized spacial score (nSPS) is 21.6. The van der Waals surface area contributed by atoms with Crippen molar-refractivity contribution in [3.05, 3.63) is 120 Å². The maximum atomic E-state index is 14.7. The molecule has 2 atom stereocenters. The van der Waals surface area contributed by atoms with E-state index in [4.69, 9.17) is 0 Å². The Hall–Kier alpha value is -3.72. The van der Waals surface area contributed by atoms with Gasteiger partial charge in [-0.25, -0.2) is 20.8 Å². The second kappa shape index (κ2) is 9.39. The van der Waals surface area contributed by atoms with Crippen LogP contribution in [0.4, 0.5) is 0 Å². The van der Waals surface area contributed by atoms with Crippen molar-refractivity contribution >= 4 is 30.9 Å². The SMILES string of the molecule is Cc1ccc(S(=O)(=O)N2CC3C(C)(C)C3(c3c(-c4ccccc4)c4ccccc4n3S(=O)(=O)c3ccc(C)cc3)C2)cc1. The van der Waals surface area contributed by atoms with E-state index in [1.165, 1.54) is 3.97 Å². The lowest BCUT2D eigenvalue weighted by Crippen LogP contribution is -2.38. The van der Waals surface area contributed by atoms with Crippen molar-refractivity contribution in [2.24, 2.45) is 11.3 Å². The Labute approximate surface area is 253 Å². The van der Waals surface area contributed by atoms with Crippen LogP contribution in [0.2, 0.25) is 0 Å². The smallest absolute Gasteiger partial charge is 0.237 e. The molecule has 43 heavy (non-hydrogen) atoms. The third kappa shape index (κ3) is 3.93. The van der Waals surface area contributed by atoms with Crippen LogP contribution < -0.4 is 0 Å². The Kier molecular flexibility index (Phi) is 6.13. The summed E-state index contributed by atoms with van der Waals surface area (Å²) in [6, 6.07) is 31.3. The molecule has 1 aromatic heterocycles. The van der Waals surface area contributed by atoms with Gasteiger partial charge in [-0.05, 0) is 61.1 Å². The van der Waals surface area contributed by atoms with Crippen molar-refractivity contribution in [2.45, 2.75) is 42.9 Å². The monoisotopic (exact) mass is 610 g/mol. The van der Waals surface area contributed by atoms with Gasteiger partial charge in [-0.15, -0.1) is 0 Å². The Morgan fingerprint density at radius 3 is 1.81 bits per heavy atom. The van der Waals surface area contributed by atoms with E-state index < -0.39 is 25.5 Å². The molecule has 2 aliphatic rings. The highest BCUT2D eigenvalue weighted by molar-refractivity contribution is 7.90. The van der Waals surface area contributed by atoms with Crippen LogP contribution in [-0.4, -0.2) is 38.2 Å². The van der Waals surface area contributed by atoms with E-state index in [1.807, 2.05) is 92.7 Å². The molecule has 2 fully saturated rings. The molecular formula is C35H34N2O4S2. The molecule has 1 saturated heterocycles. The number of aryl methyl sites for hydroxylation is 2. The van der Waals surface area contributed by atoms with Gasteiger partial charge in [0.15, 0.2) is 0 Å². The van der Waals surface area contributed by atoms with Gasteiger partial charge in [0.25, 0.3) is 10.0 Å². The Morgan fingerprint density at radius 2 is 1.21 bits per heavy atom. The van der Waals surface area contributed by atoms with Gasteiger partial charge in [0.2, 0.25) is 10.0 Å². The van der Waals surface area contributed by atoms with E-state index >= 15 is 0 Å². The molecule has 0 spiro atoms. The zero-order valence-electron chi connectivity index (χ0n) is 24.7. The molecule has 8 heteroatoms. The highest BCUT2D eigenvalue weighted by Gasteiger charge is 2.78. The first-order valence-corrected chi connectivity index (χ1v) is 17.4. The van der Waals surface area contributed by atoms with Gasteiger partial charge in [0.1, 0.15) is 0 Å². The first kappa shape index (κ1) is 28.1. The molecule has 1 aliphatic heterocycles. The van der Waals surface area contributed by atoms with Crippen molar-refractivity contribution in [2.75, 3.05) is 13.1 Å². The Bertz CT molecular complexity index is 2100. The molecule has 1 saturated carbocycles. The van der Waals surface area contributed by atoms with E-state index in [9.17, 15) is 16.8 Å². The molecule has 2 unspecified atom stereocenters. The van der Waals surface area contributed by atoms with Gasteiger partial charge < -0.3 is 0 Å². The maximum Gasteiger partial charge on any atom is 0.268 e. The average molecular weight is 611 g/mol. The molecule has 0 radical (unpaired) electrons. The predicted molar refractivity (Wildman–Crippen MR) is 170 cm³/mol. The molecule has 2 heterocycles. The lowest BCUT2D eigenvalue weighted by atomic mass is 9.87. The predicted octanol–water partition coefficient (Wildman–Crippen LogP) is 6.76. The first-order valence-electron chi connectivity index (χ1n) is 14.5. The minimum atomic E-state index is -4.06. The van der Waals surface area contributed by atoms with Crippen molar-refractivity contribution < 1.29 is 16.8 Å². The summed E-state index contributed by atoms with van der Waals surface area (Å²) in [6.07, 6.45) is 0. The fourth-order valence-corrected chi connectivity index (χ4v) is 10.5. The van der Waals surface area contributed by atoms with E-state index in [0.29, 0.717) is 17.8 Å². The number of piperidine rings is 1. The molecule has 1 aliphatic carbocycles. The van der Waals surface area contributed by atoms with Crippen molar-refractivity contribution in [1.29, 1.82) is 0 Å². The summed E-state index contributed by atoms with van der Waals surface area (Å²) >= 11 is 0. The van der Waals surface area contributed by atoms with E-state index in [0.717, 1.165) is 27.6 Å². The van der Waals surface area contributed by atoms with Gasteiger partial charge in [-0.1, -0.05) is 97.8 Å². The number of nitrogens with zero attached hydrogens (tertiary/aromatic N) is 2. The van der Waals surface area contributed by atoms with Gasteiger partial charge >= 0.3 is 0 Å². The molecule has 4 aromatic carbocycles. The molecule has 6 nitrogen and oxygen atoms in total. The number of hydrogen-bond acceptors (Lipinski definition) is 4. The van der Waals surface area contributed by atoms with Gasteiger partial charge in [-0.3, -0.25) is 0 Å². The molecule has 0 N–H and O–H groups in total. The molecular weight excluding hydrogens is 577 g/mol. The molecule has 7 rings (SSSR count). The molecule has 0 amide bonds. The number of hydrogen-bond donors (Lipinski definition) is 0. The fourth-order valence-electron chi connectivity index (χ4n) is 7.38. The second-order valence-corrected chi connectivity index (χ2v) is 16.3. The van der Waals surface area contributed by atoms with Crippen LogP contribution in [0.25, 0.3) is 22.0 Å². The number of sulfonamides is 1. The summed E-state index contributed by atoms with van der Waals surface area (Å²) in [5, 5.41) is 0.829. The van der Waals surface area contributed by atoms with Crippen molar-refractivity contribution in [3.8, 4) is 11.1 Å². The summed E-state index contributed by atoms with van der Waals surface area (Å²) in [4.78, 5) is 0.455. The highest BCUT2D eigenvalue weighted by atomic mass is 32.2. The van der Waals surface area contributed by atoms with Crippen LogP contribution in [-0.2, 0) is 25.5 Å². The zero-order chi connectivity index (χ0) is 30.4. The molecule has 0 bridgehead atoms. The van der Waals surface area contributed by atoms with Crippen molar-refractivity contribution in [1.82, 2.24) is 8.28 Å². The van der Waals surface area contributed by atoms with Crippen LogP contribution in [0.1, 0.15) is 30.7 Å². The first-order chi connectivity index (χ1) is 20.4. The highest BCUT2D eigenvalue weighted by Crippen LogP contribution is 2.74. The second-order valence-electron chi connectivity index (χ2n) is 12.5.